The zero-order valence-corrected chi connectivity index (χ0v) is 11.4. The summed E-state index contributed by atoms with van der Waals surface area (Å²) in [5, 5.41) is 3.39. The van der Waals surface area contributed by atoms with Crippen LogP contribution in [0.15, 0.2) is 24.3 Å². The van der Waals surface area contributed by atoms with Gasteiger partial charge in [-0.1, -0.05) is 6.07 Å². The first kappa shape index (κ1) is 15.0. The molecule has 0 unspecified atom stereocenters. The van der Waals surface area contributed by atoms with Gasteiger partial charge in [-0.25, -0.2) is 0 Å². The number of halogens is 3. The van der Waals surface area contributed by atoms with Crippen molar-refractivity contribution in [3.63, 3.8) is 0 Å². The average molecular weight is 288 g/mol. The Morgan fingerprint density at radius 2 is 2.20 bits per heavy atom. The minimum atomic E-state index is -4.65. The molecule has 1 aliphatic rings. The number of likely N-dealkylation sites (N-methyl/N-ethyl adjacent to an activating group) is 1. The summed E-state index contributed by atoms with van der Waals surface area (Å²) < 4.78 is 40.7. The van der Waals surface area contributed by atoms with Gasteiger partial charge < -0.3 is 15.0 Å². The van der Waals surface area contributed by atoms with Crippen LogP contribution in [-0.4, -0.2) is 32.0 Å². The summed E-state index contributed by atoms with van der Waals surface area (Å²) in [6.45, 7) is 4.55. The zero-order chi connectivity index (χ0) is 14.6. The number of ether oxygens (including phenoxy) is 1. The van der Waals surface area contributed by atoms with Crippen molar-refractivity contribution in [2.75, 3.05) is 24.5 Å². The van der Waals surface area contributed by atoms with Gasteiger partial charge in [0.25, 0.3) is 0 Å². The lowest BCUT2D eigenvalue weighted by molar-refractivity contribution is -0.274. The molecule has 1 saturated heterocycles. The van der Waals surface area contributed by atoms with Crippen LogP contribution in [0.3, 0.4) is 0 Å². The molecular weight excluding hydrogens is 269 g/mol. The van der Waals surface area contributed by atoms with E-state index in [1.807, 2.05) is 13.0 Å². The van der Waals surface area contributed by atoms with Crippen LogP contribution < -0.4 is 15.0 Å². The van der Waals surface area contributed by atoms with Gasteiger partial charge >= 0.3 is 6.36 Å². The van der Waals surface area contributed by atoms with Crippen LogP contribution in [0.1, 0.15) is 19.8 Å². The molecule has 6 heteroatoms. The van der Waals surface area contributed by atoms with Crippen molar-refractivity contribution >= 4 is 5.69 Å². The molecule has 1 aromatic rings. The fourth-order valence-electron chi connectivity index (χ4n) is 2.47. The molecule has 20 heavy (non-hydrogen) atoms. The summed E-state index contributed by atoms with van der Waals surface area (Å²) in [7, 11) is 0. The normalized spacial score (nSPS) is 19.1. The highest BCUT2D eigenvalue weighted by Gasteiger charge is 2.31. The van der Waals surface area contributed by atoms with Crippen molar-refractivity contribution in [1.82, 2.24) is 5.32 Å². The van der Waals surface area contributed by atoms with Crippen molar-refractivity contribution in [3.8, 4) is 5.75 Å². The molecule has 1 fully saturated rings. The maximum atomic E-state index is 12.2. The number of hydrogen-bond acceptors (Lipinski definition) is 3. The number of rotatable bonds is 5. The molecule has 1 atom stereocenters. The van der Waals surface area contributed by atoms with Crippen molar-refractivity contribution < 1.29 is 17.9 Å². The van der Waals surface area contributed by atoms with Crippen LogP contribution in [0.4, 0.5) is 18.9 Å². The first-order valence-electron chi connectivity index (χ1n) is 6.82. The average Bonchev–Trinajstić information content (AvgIpc) is 2.87. The maximum absolute atomic E-state index is 12.2. The van der Waals surface area contributed by atoms with Crippen LogP contribution in [0.5, 0.6) is 5.75 Å². The quantitative estimate of drug-likeness (QED) is 0.900. The molecule has 0 saturated carbocycles. The Balaban J connectivity index is 2.06. The number of hydrogen-bond donors (Lipinski definition) is 1. The molecule has 0 aromatic heterocycles. The van der Waals surface area contributed by atoms with Gasteiger partial charge in [-0.2, -0.15) is 0 Å². The van der Waals surface area contributed by atoms with E-state index in [4.69, 9.17) is 0 Å². The lowest BCUT2D eigenvalue weighted by Crippen LogP contribution is -2.37. The SMILES string of the molecule is CCN(C[C@@H]1CCCN1)c1cccc(OC(F)(F)F)c1. The van der Waals surface area contributed by atoms with Crippen LogP contribution in [0, 0.1) is 0 Å². The van der Waals surface area contributed by atoms with E-state index >= 15 is 0 Å². The molecule has 1 heterocycles. The summed E-state index contributed by atoms with van der Waals surface area (Å²) in [6.07, 6.45) is -2.39. The lowest BCUT2D eigenvalue weighted by atomic mass is 10.2. The number of anilines is 1. The minimum Gasteiger partial charge on any atom is -0.406 e. The zero-order valence-electron chi connectivity index (χ0n) is 11.4. The Morgan fingerprint density at radius 1 is 1.40 bits per heavy atom. The highest BCUT2D eigenvalue weighted by molar-refractivity contribution is 5.50. The van der Waals surface area contributed by atoms with Gasteiger partial charge in [-0.3, -0.25) is 0 Å². The van der Waals surface area contributed by atoms with Crippen molar-refractivity contribution in [2.45, 2.75) is 32.2 Å². The second kappa shape index (κ2) is 6.35. The molecule has 0 amide bonds. The first-order chi connectivity index (χ1) is 9.48. The van der Waals surface area contributed by atoms with Crippen molar-refractivity contribution in [1.29, 1.82) is 0 Å². The topological polar surface area (TPSA) is 24.5 Å². The van der Waals surface area contributed by atoms with E-state index in [0.717, 1.165) is 38.2 Å². The summed E-state index contributed by atoms with van der Waals surface area (Å²) in [5.41, 5.74) is 0.753. The summed E-state index contributed by atoms with van der Waals surface area (Å²) in [6, 6.07) is 6.55. The van der Waals surface area contributed by atoms with Crippen LogP contribution in [0.2, 0.25) is 0 Å². The lowest BCUT2D eigenvalue weighted by Gasteiger charge is -2.27. The Labute approximate surface area is 116 Å². The summed E-state index contributed by atoms with van der Waals surface area (Å²) >= 11 is 0. The van der Waals surface area contributed by atoms with Gasteiger partial charge in [0.2, 0.25) is 0 Å². The molecule has 1 N–H and O–H groups in total. The molecule has 0 radical (unpaired) electrons. The molecule has 3 nitrogen and oxygen atoms in total. The molecule has 112 valence electrons. The Bertz CT molecular complexity index is 431. The Kier molecular flexibility index (Phi) is 4.75. The summed E-state index contributed by atoms with van der Waals surface area (Å²) in [5.74, 6) is -0.173. The largest absolute Gasteiger partial charge is 0.573 e. The molecule has 1 aromatic carbocycles. The molecular formula is C14H19F3N2O. The fourth-order valence-corrected chi connectivity index (χ4v) is 2.47. The van der Waals surface area contributed by atoms with Crippen molar-refractivity contribution in [2.24, 2.45) is 0 Å². The van der Waals surface area contributed by atoms with E-state index in [2.05, 4.69) is 15.0 Å². The van der Waals surface area contributed by atoms with E-state index < -0.39 is 6.36 Å². The van der Waals surface area contributed by atoms with E-state index in [-0.39, 0.29) is 5.75 Å². The van der Waals surface area contributed by atoms with Crippen LogP contribution in [0.25, 0.3) is 0 Å². The smallest absolute Gasteiger partial charge is 0.406 e. The summed E-state index contributed by atoms with van der Waals surface area (Å²) in [4.78, 5) is 2.06. The molecule has 2 rings (SSSR count). The van der Waals surface area contributed by atoms with Gasteiger partial charge in [-0.05, 0) is 38.4 Å². The monoisotopic (exact) mass is 288 g/mol. The van der Waals surface area contributed by atoms with E-state index in [9.17, 15) is 13.2 Å². The van der Waals surface area contributed by atoms with Gasteiger partial charge in [0.1, 0.15) is 5.75 Å². The van der Waals surface area contributed by atoms with E-state index in [0.29, 0.717) is 6.04 Å². The first-order valence-corrected chi connectivity index (χ1v) is 6.82. The van der Waals surface area contributed by atoms with Crippen LogP contribution >= 0.6 is 0 Å². The third-order valence-electron chi connectivity index (χ3n) is 3.40. The second-order valence-electron chi connectivity index (χ2n) is 4.88. The van der Waals surface area contributed by atoms with Gasteiger partial charge in [0.05, 0.1) is 0 Å². The van der Waals surface area contributed by atoms with E-state index in [1.54, 1.807) is 6.07 Å². The van der Waals surface area contributed by atoms with Crippen LogP contribution in [-0.2, 0) is 0 Å². The van der Waals surface area contributed by atoms with Gasteiger partial charge in [0.15, 0.2) is 0 Å². The second-order valence-corrected chi connectivity index (χ2v) is 4.88. The Hall–Kier alpha value is -1.43. The number of alkyl halides is 3. The third-order valence-corrected chi connectivity index (χ3v) is 3.40. The molecule has 0 aliphatic carbocycles. The third kappa shape index (κ3) is 4.30. The van der Waals surface area contributed by atoms with Crippen molar-refractivity contribution in [3.05, 3.63) is 24.3 Å². The fraction of sp³-hybridized carbons (Fsp3) is 0.571. The number of nitrogens with one attached hydrogen (secondary N) is 1. The molecule has 0 bridgehead atoms. The predicted octanol–water partition coefficient (Wildman–Crippen LogP) is 3.16. The van der Waals surface area contributed by atoms with Gasteiger partial charge in [0, 0.05) is 30.9 Å². The Morgan fingerprint density at radius 3 is 2.80 bits per heavy atom. The van der Waals surface area contributed by atoms with E-state index in [1.165, 1.54) is 12.1 Å². The predicted molar refractivity (Wildman–Crippen MR) is 72.0 cm³/mol. The highest BCUT2D eigenvalue weighted by atomic mass is 19.4. The molecule has 1 aliphatic heterocycles. The maximum Gasteiger partial charge on any atom is 0.573 e. The van der Waals surface area contributed by atoms with Gasteiger partial charge in [-0.15, -0.1) is 13.2 Å². The highest BCUT2D eigenvalue weighted by Crippen LogP contribution is 2.27. The molecule has 0 spiro atoms. The standard InChI is InChI=1S/C14H19F3N2O/c1-2-19(10-11-5-4-8-18-11)12-6-3-7-13(9-12)20-14(15,16)17/h3,6-7,9,11,18H,2,4-5,8,10H2,1H3/t11-/m0/s1. The number of benzene rings is 1. The number of nitrogens with zero attached hydrogens (tertiary/aromatic N) is 1. The minimum absolute atomic E-state index is 0.173.